The van der Waals surface area contributed by atoms with E-state index in [1.54, 1.807) is 23.1 Å². The smallest absolute Gasteiger partial charge is 0.246 e. The second-order valence-electron chi connectivity index (χ2n) is 12.6. The van der Waals surface area contributed by atoms with Crippen LogP contribution >= 0.6 is 23.2 Å². The van der Waals surface area contributed by atoms with E-state index >= 15 is 0 Å². The summed E-state index contributed by atoms with van der Waals surface area (Å²) in [5.74, 6) is -1.48. The van der Waals surface area contributed by atoms with Gasteiger partial charge in [-0.1, -0.05) is 61.5 Å². The minimum Gasteiger partial charge on any atom is -0.359 e. The molecular formula is C31H40Cl2N4O4. The number of amides is 3. The lowest BCUT2D eigenvalue weighted by Crippen LogP contribution is -2.56. The highest BCUT2D eigenvalue weighted by atomic mass is 35.5. The number of carbonyl (C=O) groups is 3. The Labute approximate surface area is 252 Å². The molecule has 4 fully saturated rings. The summed E-state index contributed by atoms with van der Waals surface area (Å²) in [5, 5.41) is 6.95. The van der Waals surface area contributed by atoms with Crippen LogP contribution in [0.2, 0.25) is 10.0 Å². The minimum absolute atomic E-state index is 0.105. The zero-order valence-corrected chi connectivity index (χ0v) is 25.1. The number of nitrogens with one attached hydrogen (secondary N) is 2. The third-order valence-corrected chi connectivity index (χ3v) is 10.2. The number of fused-ring (bicyclic) bond motifs is 1. The summed E-state index contributed by atoms with van der Waals surface area (Å²) in [6.45, 7) is 5.76. The Bertz CT molecular complexity index is 1190. The molecule has 5 aliphatic rings. The number of halogens is 2. The van der Waals surface area contributed by atoms with Gasteiger partial charge < -0.3 is 25.2 Å². The Kier molecular flexibility index (Phi) is 8.38. The largest absolute Gasteiger partial charge is 0.359 e. The number of benzene rings is 1. The van der Waals surface area contributed by atoms with Crippen molar-refractivity contribution in [3.05, 3.63) is 40.4 Å². The second kappa shape index (κ2) is 11.9. The molecule has 3 unspecified atom stereocenters. The lowest BCUT2D eigenvalue weighted by Gasteiger charge is -2.35. The summed E-state index contributed by atoms with van der Waals surface area (Å²) in [7, 11) is 0. The molecule has 1 aliphatic carbocycles. The van der Waals surface area contributed by atoms with Gasteiger partial charge in [0.2, 0.25) is 17.7 Å². The molecule has 41 heavy (non-hydrogen) atoms. The molecule has 222 valence electrons. The molecule has 0 aromatic heterocycles. The predicted molar refractivity (Wildman–Crippen MR) is 159 cm³/mol. The first kappa shape index (κ1) is 29.0. The van der Waals surface area contributed by atoms with Gasteiger partial charge in [-0.2, -0.15) is 0 Å². The van der Waals surface area contributed by atoms with E-state index in [1.807, 2.05) is 12.2 Å². The Balaban J connectivity index is 1.23. The average Bonchev–Trinajstić information content (AvgIpc) is 3.57. The van der Waals surface area contributed by atoms with Crippen molar-refractivity contribution >= 4 is 46.6 Å². The summed E-state index contributed by atoms with van der Waals surface area (Å²) in [6.07, 6.45) is 11.5. The van der Waals surface area contributed by atoms with E-state index in [9.17, 15) is 14.4 Å². The van der Waals surface area contributed by atoms with E-state index in [2.05, 4.69) is 22.5 Å². The van der Waals surface area contributed by atoms with Crippen molar-refractivity contribution in [2.24, 2.45) is 17.8 Å². The number of carbonyl (C=O) groups excluding carboxylic acids is 3. The Morgan fingerprint density at radius 1 is 1.00 bits per heavy atom. The SMILES string of the molecule is CC1CCN(CCCN2C(=O)[C@@H]3C(C(=O)Nc4cc(Cl)cc(Cl)c4)[C@@H]4C=CC3(O4)C2C(=O)NC2CCCCC2)CC1. The van der Waals surface area contributed by atoms with Crippen molar-refractivity contribution in [2.45, 2.75) is 82.1 Å². The zero-order valence-electron chi connectivity index (χ0n) is 23.6. The van der Waals surface area contributed by atoms with Gasteiger partial charge in [0.15, 0.2) is 0 Å². The summed E-state index contributed by atoms with van der Waals surface area (Å²) < 4.78 is 6.48. The van der Waals surface area contributed by atoms with Crippen LogP contribution in [0.25, 0.3) is 0 Å². The van der Waals surface area contributed by atoms with E-state index < -0.39 is 29.6 Å². The second-order valence-corrected chi connectivity index (χ2v) is 13.5. The van der Waals surface area contributed by atoms with Crippen LogP contribution in [0.4, 0.5) is 5.69 Å². The quantitative estimate of drug-likeness (QED) is 0.423. The number of rotatable bonds is 8. The normalized spacial score (nSPS) is 32.0. The molecule has 3 amide bonds. The molecule has 2 bridgehead atoms. The highest BCUT2D eigenvalue weighted by Gasteiger charge is 2.72. The predicted octanol–water partition coefficient (Wildman–Crippen LogP) is 4.65. The number of anilines is 1. The molecule has 4 heterocycles. The number of hydrogen-bond donors (Lipinski definition) is 2. The van der Waals surface area contributed by atoms with Gasteiger partial charge in [0, 0.05) is 28.3 Å². The van der Waals surface area contributed by atoms with Crippen LogP contribution in [-0.2, 0) is 19.1 Å². The van der Waals surface area contributed by atoms with Crippen LogP contribution in [0.3, 0.4) is 0 Å². The highest BCUT2D eigenvalue weighted by Crippen LogP contribution is 2.55. The van der Waals surface area contributed by atoms with E-state index in [4.69, 9.17) is 27.9 Å². The monoisotopic (exact) mass is 602 g/mol. The van der Waals surface area contributed by atoms with Crippen LogP contribution in [0.1, 0.15) is 58.3 Å². The summed E-state index contributed by atoms with van der Waals surface area (Å²) in [4.78, 5) is 46.0. The van der Waals surface area contributed by atoms with Gasteiger partial charge in [-0.25, -0.2) is 0 Å². The Hall–Kier alpha value is -2.13. The third kappa shape index (κ3) is 5.65. The standard InChI is InChI=1S/C31H40Cl2N4O4/c1-19-9-14-36(15-10-19)12-5-13-37-27(29(39)34-22-6-3-2-4-7-22)31-11-8-24(41-31)25(26(31)30(37)40)28(38)35-23-17-20(32)16-21(33)18-23/h8,11,16-19,22,24-27H,2-7,9-10,12-15H2,1H3,(H,34,39)(H,35,38)/t24-,25?,26-,27?,31?/m0/s1. The summed E-state index contributed by atoms with van der Waals surface area (Å²) in [6, 6.07) is 4.14. The van der Waals surface area contributed by atoms with Crippen LogP contribution < -0.4 is 10.6 Å². The summed E-state index contributed by atoms with van der Waals surface area (Å²) >= 11 is 12.3. The third-order valence-electron chi connectivity index (χ3n) is 9.76. The number of ether oxygens (including phenoxy) is 1. The van der Waals surface area contributed by atoms with Gasteiger partial charge in [-0.3, -0.25) is 14.4 Å². The fraction of sp³-hybridized carbons (Fsp3) is 0.645. The van der Waals surface area contributed by atoms with Gasteiger partial charge in [0.25, 0.3) is 0 Å². The molecule has 2 N–H and O–H groups in total. The molecule has 8 nitrogen and oxygen atoms in total. The summed E-state index contributed by atoms with van der Waals surface area (Å²) in [5.41, 5.74) is -0.701. The van der Waals surface area contributed by atoms with Crippen molar-refractivity contribution < 1.29 is 19.1 Å². The average molecular weight is 604 g/mol. The van der Waals surface area contributed by atoms with Gasteiger partial charge >= 0.3 is 0 Å². The van der Waals surface area contributed by atoms with Gasteiger partial charge in [0.05, 0.1) is 17.9 Å². The molecule has 1 aromatic carbocycles. The highest BCUT2D eigenvalue weighted by molar-refractivity contribution is 6.35. The maximum atomic E-state index is 14.2. The Morgan fingerprint density at radius 2 is 1.71 bits per heavy atom. The van der Waals surface area contributed by atoms with Crippen molar-refractivity contribution in [3.63, 3.8) is 0 Å². The van der Waals surface area contributed by atoms with E-state index in [1.165, 1.54) is 19.3 Å². The lowest BCUT2D eigenvalue weighted by atomic mass is 9.74. The van der Waals surface area contributed by atoms with E-state index in [0.717, 1.165) is 57.7 Å². The van der Waals surface area contributed by atoms with Crippen molar-refractivity contribution in [1.82, 2.24) is 15.1 Å². The van der Waals surface area contributed by atoms with Crippen molar-refractivity contribution in [2.75, 3.05) is 31.5 Å². The first-order chi connectivity index (χ1) is 19.7. The molecule has 1 saturated carbocycles. The molecule has 4 aliphatic heterocycles. The first-order valence-electron chi connectivity index (χ1n) is 15.2. The maximum absolute atomic E-state index is 14.2. The van der Waals surface area contributed by atoms with E-state index in [-0.39, 0.29) is 23.8 Å². The molecule has 1 aromatic rings. The molecule has 10 heteroatoms. The fourth-order valence-corrected chi connectivity index (χ4v) is 8.16. The zero-order chi connectivity index (χ0) is 28.7. The van der Waals surface area contributed by atoms with Crippen LogP contribution in [0, 0.1) is 17.8 Å². The van der Waals surface area contributed by atoms with Crippen molar-refractivity contribution in [1.29, 1.82) is 0 Å². The molecule has 0 radical (unpaired) electrons. The number of hydrogen-bond acceptors (Lipinski definition) is 5. The molecule has 5 atom stereocenters. The lowest BCUT2D eigenvalue weighted by molar-refractivity contribution is -0.141. The fourth-order valence-electron chi connectivity index (χ4n) is 7.64. The van der Waals surface area contributed by atoms with Crippen LogP contribution in [0.5, 0.6) is 0 Å². The maximum Gasteiger partial charge on any atom is 0.246 e. The van der Waals surface area contributed by atoms with Gasteiger partial charge in [0.1, 0.15) is 11.6 Å². The van der Waals surface area contributed by atoms with E-state index in [0.29, 0.717) is 22.3 Å². The minimum atomic E-state index is -1.16. The van der Waals surface area contributed by atoms with Crippen LogP contribution in [0.15, 0.2) is 30.4 Å². The van der Waals surface area contributed by atoms with Crippen molar-refractivity contribution in [3.8, 4) is 0 Å². The van der Waals surface area contributed by atoms with Gasteiger partial charge in [-0.15, -0.1) is 0 Å². The Morgan fingerprint density at radius 3 is 2.41 bits per heavy atom. The molecule has 3 saturated heterocycles. The number of nitrogens with zero attached hydrogens (tertiary/aromatic N) is 2. The molecular weight excluding hydrogens is 563 g/mol. The molecule has 1 spiro atoms. The topological polar surface area (TPSA) is 91.0 Å². The number of likely N-dealkylation sites (tertiary alicyclic amines) is 2. The van der Waals surface area contributed by atoms with Gasteiger partial charge in [-0.05, 0) is 75.9 Å². The first-order valence-corrected chi connectivity index (χ1v) is 16.0. The van der Waals surface area contributed by atoms with Crippen LogP contribution in [-0.4, -0.2) is 77.5 Å². The molecule has 6 rings (SSSR count). The number of piperidine rings is 1.